The molecular weight excluding hydrogens is 234 g/mol. The molecule has 4 nitrogen and oxygen atoms in total. The first-order valence-corrected chi connectivity index (χ1v) is 6.97. The Morgan fingerprint density at radius 1 is 1.41 bits per heavy atom. The van der Waals surface area contributed by atoms with Gasteiger partial charge in [-0.25, -0.2) is 9.97 Å². The molecule has 2 rings (SSSR count). The average Bonchev–Trinajstić information content (AvgIpc) is 2.81. The van der Waals surface area contributed by atoms with Crippen LogP contribution in [0.25, 0.3) is 0 Å². The summed E-state index contributed by atoms with van der Waals surface area (Å²) in [6, 6.07) is 1.78. The van der Waals surface area contributed by atoms with Gasteiger partial charge in [-0.15, -0.1) is 0 Å². The normalized spacial score (nSPS) is 15.3. The molecular formula is C12H17N3OS. The third kappa shape index (κ3) is 2.97. The number of aromatic nitrogens is 2. The molecule has 0 aliphatic carbocycles. The van der Waals surface area contributed by atoms with Crippen LogP contribution in [0.15, 0.2) is 11.2 Å². The monoisotopic (exact) mass is 251 g/mol. The molecule has 0 saturated carbocycles. The van der Waals surface area contributed by atoms with Crippen molar-refractivity contribution < 1.29 is 4.79 Å². The highest BCUT2D eigenvalue weighted by atomic mass is 32.2. The van der Waals surface area contributed by atoms with Crippen LogP contribution in [0.4, 0.5) is 0 Å². The van der Waals surface area contributed by atoms with Crippen molar-refractivity contribution in [2.75, 3.05) is 18.8 Å². The van der Waals surface area contributed by atoms with E-state index in [-0.39, 0.29) is 5.91 Å². The highest BCUT2D eigenvalue weighted by Gasteiger charge is 2.21. The smallest absolute Gasteiger partial charge is 0.272 e. The third-order valence-electron chi connectivity index (χ3n) is 2.72. The number of nitrogens with zero attached hydrogens (tertiary/aromatic N) is 3. The molecule has 1 saturated heterocycles. The molecule has 1 amide bonds. The second-order valence-electron chi connectivity index (χ2n) is 4.11. The number of amides is 1. The van der Waals surface area contributed by atoms with Gasteiger partial charge in [0.1, 0.15) is 5.69 Å². The number of rotatable bonds is 3. The summed E-state index contributed by atoms with van der Waals surface area (Å²) in [5, 5.41) is 0.704. The maximum atomic E-state index is 12.2. The lowest BCUT2D eigenvalue weighted by atomic mass is 10.3. The van der Waals surface area contributed by atoms with Gasteiger partial charge in [-0.2, -0.15) is 0 Å². The predicted octanol–water partition coefficient (Wildman–Crippen LogP) is 2.13. The molecule has 0 N–H and O–H groups in total. The minimum atomic E-state index is 0.0472. The fourth-order valence-corrected chi connectivity index (χ4v) is 2.56. The van der Waals surface area contributed by atoms with Crippen LogP contribution in [0, 0.1) is 6.92 Å². The van der Waals surface area contributed by atoms with E-state index in [1.807, 2.05) is 11.8 Å². The Bertz CT molecular complexity index is 416. The molecule has 92 valence electrons. The maximum Gasteiger partial charge on any atom is 0.272 e. The molecule has 5 heteroatoms. The van der Waals surface area contributed by atoms with Crippen LogP contribution in [-0.2, 0) is 0 Å². The molecule has 1 fully saturated rings. The summed E-state index contributed by atoms with van der Waals surface area (Å²) in [6.45, 7) is 5.68. The van der Waals surface area contributed by atoms with E-state index in [4.69, 9.17) is 0 Å². The first-order chi connectivity index (χ1) is 8.20. The minimum absolute atomic E-state index is 0.0472. The third-order valence-corrected chi connectivity index (χ3v) is 3.45. The lowest BCUT2D eigenvalue weighted by Crippen LogP contribution is -2.28. The van der Waals surface area contributed by atoms with Crippen molar-refractivity contribution in [2.24, 2.45) is 0 Å². The average molecular weight is 251 g/mol. The molecule has 0 unspecified atom stereocenters. The molecule has 0 aromatic carbocycles. The van der Waals surface area contributed by atoms with Crippen molar-refractivity contribution in [3.63, 3.8) is 0 Å². The second kappa shape index (κ2) is 5.49. The van der Waals surface area contributed by atoms with E-state index in [0.717, 1.165) is 37.4 Å². The number of carbonyl (C=O) groups is 1. The molecule has 0 spiro atoms. The highest BCUT2D eigenvalue weighted by Crippen LogP contribution is 2.16. The quantitative estimate of drug-likeness (QED) is 0.610. The van der Waals surface area contributed by atoms with Crippen molar-refractivity contribution in [3.05, 3.63) is 17.5 Å². The Labute approximate surface area is 106 Å². The molecule has 0 bridgehead atoms. The molecule has 1 aromatic heterocycles. The summed E-state index contributed by atoms with van der Waals surface area (Å²) in [5.74, 6) is 0.965. The van der Waals surface area contributed by atoms with Gasteiger partial charge in [0.2, 0.25) is 0 Å². The molecule has 17 heavy (non-hydrogen) atoms. The van der Waals surface area contributed by atoms with E-state index in [2.05, 4.69) is 16.9 Å². The van der Waals surface area contributed by atoms with Crippen molar-refractivity contribution >= 4 is 17.7 Å². The number of carbonyl (C=O) groups excluding carboxylic acids is 1. The number of hydrogen-bond donors (Lipinski definition) is 0. The summed E-state index contributed by atoms with van der Waals surface area (Å²) in [5.41, 5.74) is 1.40. The van der Waals surface area contributed by atoms with E-state index < -0.39 is 0 Å². The Hall–Kier alpha value is -1.10. The van der Waals surface area contributed by atoms with Crippen molar-refractivity contribution in [1.82, 2.24) is 14.9 Å². The van der Waals surface area contributed by atoms with Gasteiger partial charge in [-0.05, 0) is 31.6 Å². The lowest BCUT2D eigenvalue weighted by molar-refractivity contribution is 0.0786. The summed E-state index contributed by atoms with van der Waals surface area (Å²) < 4.78 is 0. The highest BCUT2D eigenvalue weighted by molar-refractivity contribution is 7.99. The van der Waals surface area contributed by atoms with E-state index in [1.165, 1.54) is 0 Å². The zero-order chi connectivity index (χ0) is 12.3. The number of likely N-dealkylation sites (tertiary alicyclic amines) is 1. The Balaban J connectivity index is 2.21. The van der Waals surface area contributed by atoms with Gasteiger partial charge in [0, 0.05) is 18.8 Å². The van der Waals surface area contributed by atoms with Gasteiger partial charge >= 0.3 is 0 Å². The van der Waals surface area contributed by atoms with Gasteiger partial charge in [-0.3, -0.25) is 4.79 Å². The Morgan fingerprint density at radius 2 is 2.12 bits per heavy atom. The molecule has 1 aliphatic heterocycles. The minimum Gasteiger partial charge on any atom is -0.337 e. The zero-order valence-corrected chi connectivity index (χ0v) is 11.1. The van der Waals surface area contributed by atoms with Crippen molar-refractivity contribution in [1.29, 1.82) is 0 Å². The van der Waals surface area contributed by atoms with Crippen molar-refractivity contribution in [3.8, 4) is 0 Å². The summed E-state index contributed by atoms with van der Waals surface area (Å²) in [6.07, 6.45) is 2.21. The fourth-order valence-electron chi connectivity index (χ4n) is 1.93. The van der Waals surface area contributed by atoms with E-state index in [1.54, 1.807) is 17.8 Å². The Kier molecular flexibility index (Phi) is 3.99. The van der Waals surface area contributed by atoms with Crippen LogP contribution in [0.3, 0.4) is 0 Å². The van der Waals surface area contributed by atoms with Gasteiger partial charge in [0.15, 0.2) is 5.16 Å². The van der Waals surface area contributed by atoms with Gasteiger partial charge in [0.25, 0.3) is 5.91 Å². The van der Waals surface area contributed by atoms with Crippen molar-refractivity contribution in [2.45, 2.75) is 31.8 Å². The molecule has 1 aromatic rings. The number of aryl methyl sites for hydroxylation is 1. The molecule has 0 atom stereocenters. The molecule has 1 aliphatic rings. The predicted molar refractivity (Wildman–Crippen MR) is 68.3 cm³/mol. The van der Waals surface area contributed by atoms with Crippen LogP contribution in [-0.4, -0.2) is 39.6 Å². The van der Waals surface area contributed by atoms with E-state index in [9.17, 15) is 4.79 Å². The molecule has 0 radical (unpaired) electrons. The standard InChI is InChI=1S/C12H17N3OS/c1-3-17-12-13-9(2)8-10(14-12)11(16)15-6-4-5-7-15/h8H,3-7H2,1-2H3. The summed E-state index contributed by atoms with van der Waals surface area (Å²) in [7, 11) is 0. The van der Waals surface area contributed by atoms with Gasteiger partial charge < -0.3 is 4.90 Å². The number of thioether (sulfide) groups is 1. The second-order valence-corrected chi connectivity index (χ2v) is 5.34. The van der Waals surface area contributed by atoms with Crippen LogP contribution < -0.4 is 0 Å². The van der Waals surface area contributed by atoms with Crippen LogP contribution in [0.5, 0.6) is 0 Å². The summed E-state index contributed by atoms with van der Waals surface area (Å²) >= 11 is 1.57. The Morgan fingerprint density at radius 3 is 2.76 bits per heavy atom. The van der Waals surface area contributed by atoms with E-state index in [0.29, 0.717) is 10.9 Å². The first-order valence-electron chi connectivity index (χ1n) is 5.98. The first kappa shape index (κ1) is 12.4. The van der Waals surface area contributed by atoms with Gasteiger partial charge in [-0.1, -0.05) is 18.7 Å². The molecule has 2 heterocycles. The summed E-state index contributed by atoms with van der Waals surface area (Å²) in [4.78, 5) is 22.7. The number of hydrogen-bond acceptors (Lipinski definition) is 4. The largest absolute Gasteiger partial charge is 0.337 e. The fraction of sp³-hybridized carbons (Fsp3) is 0.583. The lowest BCUT2D eigenvalue weighted by Gasteiger charge is -2.15. The van der Waals surface area contributed by atoms with Crippen LogP contribution in [0.2, 0.25) is 0 Å². The van der Waals surface area contributed by atoms with Gasteiger partial charge in [0.05, 0.1) is 0 Å². The SMILES string of the molecule is CCSc1nc(C)cc(C(=O)N2CCCC2)n1. The van der Waals surface area contributed by atoms with E-state index >= 15 is 0 Å². The van der Waals surface area contributed by atoms with Crippen LogP contribution in [0.1, 0.15) is 35.9 Å². The van der Waals surface area contributed by atoms with Crippen LogP contribution >= 0.6 is 11.8 Å². The topological polar surface area (TPSA) is 46.1 Å². The zero-order valence-electron chi connectivity index (χ0n) is 10.3. The maximum absolute atomic E-state index is 12.2.